The predicted octanol–water partition coefficient (Wildman–Crippen LogP) is 1.76. The molecule has 0 spiro atoms. The molecule has 0 aliphatic rings. The number of carbonyl (C=O) groups is 2. The van der Waals surface area contributed by atoms with Gasteiger partial charge in [0.15, 0.2) is 0 Å². The van der Waals surface area contributed by atoms with E-state index in [0.29, 0.717) is 0 Å². The Labute approximate surface area is 82.9 Å². The van der Waals surface area contributed by atoms with Crippen LogP contribution in [0.3, 0.4) is 0 Å². The molecular formula is C9H6F3NO2. The summed E-state index contributed by atoms with van der Waals surface area (Å²) in [5, 5.41) is 1.84. The highest BCUT2D eigenvalue weighted by atomic mass is 19.4. The Hall–Kier alpha value is -1.85. The summed E-state index contributed by atoms with van der Waals surface area (Å²) in [5.74, 6) is -4.10. The van der Waals surface area contributed by atoms with E-state index in [2.05, 4.69) is 0 Å². The van der Waals surface area contributed by atoms with Gasteiger partial charge in [0.2, 0.25) is 0 Å². The zero-order valence-corrected chi connectivity index (χ0v) is 7.34. The second-order valence-electron chi connectivity index (χ2n) is 2.65. The molecule has 0 saturated heterocycles. The molecule has 80 valence electrons. The molecule has 0 fully saturated rings. The van der Waals surface area contributed by atoms with E-state index in [1.165, 1.54) is 24.3 Å². The van der Waals surface area contributed by atoms with Crippen LogP contribution in [0.15, 0.2) is 30.3 Å². The van der Waals surface area contributed by atoms with E-state index in [1.54, 1.807) is 6.07 Å². The van der Waals surface area contributed by atoms with Gasteiger partial charge in [0, 0.05) is 5.69 Å². The van der Waals surface area contributed by atoms with Gasteiger partial charge in [-0.1, -0.05) is 18.2 Å². The van der Waals surface area contributed by atoms with Gasteiger partial charge in [-0.25, -0.2) is 0 Å². The first-order valence-electron chi connectivity index (χ1n) is 3.89. The Morgan fingerprint density at radius 1 is 1.07 bits per heavy atom. The normalized spacial score (nSPS) is 10.9. The standard InChI is InChI=1S/C9H6F3NO2/c10-9(11,12)7(14)8(15)13-6-4-2-1-3-5-6/h1-5H,(H,13,15). The number of benzene rings is 1. The third-order valence-electron chi connectivity index (χ3n) is 1.50. The van der Waals surface area contributed by atoms with Crippen LogP contribution in [-0.2, 0) is 9.59 Å². The SMILES string of the molecule is O=C(Nc1ccccc1)C(=O)C(F)(F)F. The molecule has 0 aliphatic heterocycles. The summed E-state index contributed by atoms with van der Waals surface area (Å²) >= 11 is 0. The molecule has 15 heavy (non-hydrogen) atoms. The number of hydrogen-bond acceptors (Lipinski definition) is 2. The van der Waals surface area contributed by atoms with Gasteiger partial charge in [0.05, 0.1) is 0 Å². The van der Waals surface area contributed by atoms with Crippen LogP contribution >= 0.6 is 0 Å². The summed E-state index contributed by atoms with van der Waals surface area (Å²) in [4.78, 5) is 21.2. The lowest BCUT2D eigenvalue weighted by Crippen LogP contribution is -2.35. The lowest BCUT2D eigenvalue weighted by atomic mass is 10.3. The van der Waals surface area contributed by atoms with E-state index in [4.69, 9.17) is 0 Å². The van der Waals surface area contributed by atoms with E-state index < -0.39 is 17.9 Å². The number of nitrogens with one attached hydrogen (secondary N) is 1. The van der Waals surface area contributed by atoms with Crippen molar-refractivity contribution in [1.82, 2.24) is 0 Å². The number of ketones is 1. The number of amides is 1. The number of para-hydroxylation sites is 1. The zero-order valence-electron chi connectivity index (χ0n) is 7.34. The minimum atomic E-state index is -5.14. The molecule has 1 aromatic carbocycles. The van der Waals surface area contributed by atoms with Gasteiger partial charge in [-0.15, -0.1) is 0 Å². The first-order valence-corrected chi connectivity index (χ1v) is 3.89. The van der Waals surface area contributed by atoms with Gasteiger partial charge in [-0.3, -0.25) is 9.59 Å². The monoisotopic (exact) mass is 217 g/mol. The van der Waals surface area contributed by atoms with Gasteiger partial charge < -0.3 is 5.32 Å². The largest absolute Gasteiger partial charge is 0.460 e. The van der Waals surface area contributed by atoms with Gasteiger partial charge in [-0.2, -0.15) is 13.2 Å². The average Bonchev–Trinajstić information content (AvgIpc) is 2.16. The number of rotatable bonds is 2. The van der Waals surface area contributed by atoms with Crippen molar-refractivity contribution in [2.24, 2.45) is 0 Å². The Morgan fingerprint density at radius 2 is 1.60 bits per heavy atom. The van der Waals surface area contributed by atoms with Crippen molar-refractivity contribution in [2.45, 2.75) is 6.18 Å². The summed E-state index contributed by atoms with van der Waals surface area (Å²) in [7, 11) is 0. The molecule has 1 aromatic rings. The quantitative estimate of drug-likeness (QED) is 0.767. The van der Waals surface area contributed by atoms with E-state index in [1.807, 2.05) is 5.32 Å². The van der Waals surface area contributed by atoms with Gasteiger partial charge in [0.1, 0.15) is 0 Å². The van der Waals surface area contributed by atoms with Crippen LogP contribution in [0.25, 0.3) is 0 Å². The van der Waals surface area contributed by atoms with E-state index in [0.717, 1.165) is 0 Å². The predicted molar refractivity (Wildman–Crippen MR) is 46.1 cm³/mol. The highest BCUT2D eigenvalue weighted by Gasteiger charge is 2.43. The minimum absolute atomic E-state index is 0.139. The maximum atomic E-state index is 11.8. The number of hydrogen-bond donors (Lipinski definition) is 1. The summed E-state index contributed by atoms with van der Waals surface area (Å²) in [6.07, 6.45) is -5.14. The van der Waals surface area contributed by atoms with Gasteiger partial charge >= 0.3 is 17.9 Å². The molecule has 0 radical (unpaired) electrons. The maximum Gasteiger partial charge on any atom is 0.460 e. The highest BCUT2D eigenvalue weighted by molar-refractivity contribution is 6.42. The molecule has 0 aliphatic carbocycles. The number of Topliss-reactive ketones (excluding diaryl/α,β-unsaturated/α-hetero) is 1. The fraction of sp³-hybridized carbons (Fsp3) is 0.111. The van der Waals surface area contributed by atoms with Gasteiger partial charge in [0.25, 0.3) is 0 Å². The minimum Gasteiger partial charge on any atom is -0.319 e. The Kier molecular flexibility index (Phi) is 3.08. The Morgan fingerprint density at radius 3 is 2.07 bits per heavy atom. The molecular weight excluding hydrogens is 211 g/mol. The molecule has 0 saturated carbocycles. The number of halogens is 3. The molecule has 6 heteroatoms. The third kappa shape index (κ3) is 3.08. The average molecular weight is 217 g/mol. The van der Waals surface area contributed by atoms with E-state index >= 15 is 0 Å². The molecule has 1 rings (SSSR count). The van der Waals surface area contributed by atoms with Crippen LogP contribution < -0.4 is 5.32 Å². The van der Waals surface area contributed by atoms with E-state index in [9.17, 15) is 22.8 Å². The summed E-state index contributed by atoms with van der Waals surface area (Å²) in [6, 6.07) is 7.42. The highest BCUT2D eigenvalue weighted by Crippen LogP contribution is 2.17. The molecule has 0 heterocycles. The second kappa shape index (κ2) is 4.12. The lowest BCUT2D eigenvalue weighted by Gasteiger charge is -2.05. The third-order valence-corrected chi connectivity index (χ3v) is 1.50. The van der Waals surface area contributed by atoms with E-state index in [-0.39, 0.29) is 5.69 Å². The summed E-state index contributed by atoms with van der Waals surface area (Å²) < 4.78 is 35.4. The van der Waals surface area contributed by atoms with Crippen molar-refractivity contribution < 1.29 is 22.8 Å². The number of alkyl halides is 3. The van der Waals surface area contributed by atoms with Crippen molar-refractivity contribution in [3.8, 4) is 0 Å². The topological polar surface area (TPSA) is 46.2 Å². The smallest absolute Gasteiger partial charge is 0.319 e. The lowest BCUT2D eigenvalue weighted by molar-refractivity contribution is -0.173. The Balaban J connectivity index is 2.69. The molecule has 0 bridgehead atoms. The van der Waals surface area contributed by atoms with Crippen LogP contribution in [0, 0.1) is 0 Å². The molecule has 1 amide bonds. The fourth-order valence-corrected chi connectivity index (χ4v) is 0.838. The summed E-state index contributed by atoms with van der Waals surface area (Å²) in [6.45, 7) is 0. The van der Waals surface area contributed by atoms with Crippen molar-refractivity contribution in [2.75, 3.05) is 5.32 Å². The van der Waals surface area contributed by atoms with Crippen molar-refractivity contribution in [1.29, 1.82) is 0 Å². The fourth-order valence-electron chi connectivity index (χ4n) is 0.838. The van der Waals surface area contributed by atoms with Crippen molar-refractivity contribution in [3.63, 3.8) is 0 Å². The van der Waals surface area contributed by atoms with Crippen molar-refractivity contribution in [3.05, 3.63) is 30.3 Å². The van der Waals surface area contributed by atoms with Gasteiger partial charge in [-0.05, 0) is 12.1 Å². The Bertz CT molecular complexity index is 373. The van der Waals surface area contributed by atoms with Crippen LogP contribution in [0.1, 0.15) is 0 Å². The summed E-state index contributed by atoms with van der Waals surface area (Å²) in [5.41, 5.74) is 0.139. The molecule has 1 N–H and O–H groups in total. The number of carbonyl (C=O) groups excluding carboxylic acids is 2. The molecule has 0 atom stereocenters. The van der Waals surface area contributed by atoms with Crippen LogP contribution in [0.5, 0.6) is 0 Å². The molecule has 0 unspecified atom stereocenters. The van der Waals surface area contributed by atoms with Crippen LogP contribution in [-0.4, -0.2) is 17.9 Å². The molecule has 3 nitrogen and oxygen atoms in total. The molecule has 0 aromatic heterocycles. The first kappa shape index (κ1) is 11.2. The van der Waals surface area contributed by atoms with Crippen LogP contribution in [0.4, 0.5) is 18.9 Å². The zero-order chi connectivity index (χ0) is 11.5. The van der Waals surface area contributed by atoms with Crippen molar-refractivity contribution >= 4 is 17.4 Å². The first-order chi connectivity index (χ1) is 6.91. The second-order valence-corrected chi connectivity index (χ2v) is 2.65. The van der Waals surface area contributed by atoms with Crippen LogP contribution in [0.2, 0.25) is 0 Å². The number of anilines is 1. The maximum absolute atomic E-state index is 11.8.